The first-order valence-corrected chi connectivity index (χ1v) is 11.6. The molecule has 2 aromatic rings. The number of aryl methyl sites for hydroxylation is 2. The summed E-state index contributed by atoms with van der Waals surface area (Å²) in [6.45, 7) is 5.88. The molecule has 1 aliphatic carbocycles. The van der Waals surface area contributed by atoms with Crippen molar-refractivity contribution in [3.8, 4) is 10.6 Å². The fourth-order valence-corrected chi connectivity index (χ4v) is 5.20. The van der Waals surface area contributed by atoms with Crippen molar-refractivity contribution in [3.05, 3.63) is 40.4 Å². The van der Waals surface area contributed by atoms with Crippen molar-refractivity contribution < 1.29 is 13.2 Å². The average Bonchev–Trinajstić information content (AvgIpc) is 3.21. The number of benzene rings is 1. The number of amides is 1. The molecule has 0 radical (unpaired) electrons. The van der Waals surface area contributed by atoms with Crippen LogP contribution in [0.15, 0.2) is 23.6 Å². The molecule has 0 bridgehead atoms. The zero-order chi connectivity index (χ0) is 19.1. The van der Waals surface area contributed by atoms with Crippen molar-refractivity contribution in [1.29, 1.82) is 0 Å². The molecule has 1 aromatic heterocycles. The van der Waals surface area contributed by atoms with E-state index in [1.807, 2.05) is 26.0 Å². The third-order valence-corrected chi connectivity index (χ3v) is 6.49. The number of carbonyl (C=O) groups is 1. The molecule has 140 valence electrons. The fraction of sp³-hybridized carbons (Fsp3) is 0.474. The first-order valence-electron chi connectivity index (χ1n) is 8.69. The standard InChI is InChI=1S/C19H24N2O3S2/c1-12-5-8-16(13(2)9-12)18-20-17(10-25-18)19(22)21(15-6-7-15)14(3)11-26(4,23)24/h5,8-10,14-15H,6-7,11H2,1-4H3. The van der Waals surface area contributed by atoms with E-state index >= 15 is 0 Å². The van der Waals surface area contributed by atoms with Gasteiger partial charge < -0.3 is 4.90 Å². The van der Waals surface area contributed by atoms with Crippen molar-refractivity contribution in [2.45, 2.75) is 45.7 Å². The Morgan fingerprint density at radius 2 is 2.04 bits per heavy atom. The molecule has 1 saturated carbocycles. The van der Waals surface area contributed by atoms with E-state index in [0.717, 1.165) is 29.0 Å². The number of hydrogen-bond acceptors (Lipinski definition) is 5. The lowest BCUT2D eigenvalue weighted by Gasteiger charge is -2.28. The largest absolute Gasteiger partial charge is 0.331 e. The van der Waals surface area contributed by atoms with E-state index in [4.69, 9.17) is 0 Å². The highest BCUT2D eigenvalue weighted by molar-refractivity contribution is 7.90. The third-order valence-electron chi connectivity index (χ3n) is 4.53. The van der Waals surface area contributed by atoms with Crippen LogP contribution in [0.1, 0.15) is 41.4 Å². The van der Waals surface area contributed by atoms with E-state index in [0.29, 0.717) is 5.69 Å². The van der Waals surface area contributed by atoms with E-state index in [1.165, 1.54) is 23.2 Å². The normalized spacial score (nSPS) is 15.7. The fourth-order valence-electron chi connectivity index (χ4n) is 3.28. The van der Waals surface area contributed by atoms with Crippen LogP contribution in [0, 0.1) is 13.8 Å². The Bertz CT molecular complexity index is 930. The van der Waals surface area contributed by atoms with Crippen LogP contribution in [0.3, 0.4) is 0 Å². The third kappa shape index (κ3) is 4.32. The number of hydrogen-bond donors (Lipinski definition) is 0. The van der Waals surface area contributed by atoms with E-state index in [9.17, 15) is 13.2 Å². The van der Waals surface area contributed by atoms with E-state index in [-0.39, 0.29) is 23.7 Å². The number of rotatable bonds is 6. The van der Waals surface area contributed by atoms with Gasteiger partial charge in [-0.2, -0.15) is 0 Å². The van der Waals surface area contributed by atoms with Crippen molar-refractivity contribution in [3.63, 3.8) is 0 Å². The molecular formula is C19H24N2O3S2. The second kappa shape index (κ2) is 7.12. The summed E-state index contributed by atoms with van der Waals surface area (Å²) in [5.41, 5.74) is 3.75. The van der Waals surface area contributed by atoms with Gasteiger partial charge in [-0.1, -0.05) is 23.8 Å². The number of nitrogens with zero attached hydrogens (tertiary/aromatic N) is 2. The molecule has 0 aliphatic heterocycles. The monoisotopic (exact) mass is 392 g/mol. The van der Waals surface area contributed by atoms with Gasteiger partial charge in [0.05, 0.1) is 5.75 Å². The molecule has 1 heterocycles. The van der Waals surface area contributed by atoms with Crippen molar-refractivity contribution in [2.24, 2.45) is 0 Å². The molecule has 1 amide bonds. The summed E-state index contributed by atoms with van der Waals surface area (Å²) < 4.78 is 23.3. The Hall–Kier alpha value is -1.73. The highest BCUT2D eigenvalue weighted by atomic mass is 32.2. The molecular weight excluding hydrogens is 368 g/mol. The van der Waals surface area contributed by atoms with Crippen LogP contribution < -0.4 is 0 Å². The van der Waals surface area contributed by atoms with Crippen LogP contribution in [0.4, 0.5) is 0 Å². The molecule has 0 N–H and O–H groups in total. The summed E-state index contributed by atoms with van der Waals surface area (Å²) in [7, 11) is -3.15. The molecule has 0 spiro atoms. The van der Waals surface area contributed by atoms with Gasteiger partial charge in [0.1, 0.15) is 20.5 Å². The zero-order valence-electron chi connectivity index (χ0n) is 15.5. The highest BCUT2D eigenvalue weighted by Crippen LogP contribution is 2.32. The summed E-state index contributed by atoms with van der Waals surface area (Å²) in [5, 5.41) is 2.59. The summed E-state index contributed by atoms with van der Waals surface area (Å²) in [5.74, 6) is -0.195. The topological polar surface area (TPSA) is 67.3 Å². The van der Waals surface area contributed by atoms with E-state index in [1.54, 1.807) is 17.2 Å². The number of thiazole rings is 1. The van der Waals surface area contributed by atoms with Gasteiger partial charge in [0.25, 0.3) is 5.91 Å². The lowest BCUT2D eigenvalue weighted by molar-refractivity contribution is 0.0687. The Morgan fingerprint density at radius 1 is 1.35 bits per heavy atom. The van der Waals surface area contributed by atoms with Gasteiger partial charge >= 0.3 is 0 Å². The lowest BCUT2D eigenvalue weighted by Crippen LogP contribution is -2.43. The maximum atomic E-state index is 13.0. The first-order chi connectivity index (χ1) is 12.2. The minimum atomic E-state index is -3.15. The van der Waals surface area contributed by atoms with Crippen LogP contribution >= 0.6 is 11.3 Å². The maximum absolute atomic E-state index is 13.0. The minimum Gasteiger partial charge on any atom is -0.331 e. The average molecular weight is 393 g/mol. The van der Waals surface area contributed by atoms with Gasteiger partial charge in [-0.3, -0.25) is 4.79 Å². The van der Waals surface area contributed by atoms with E-state index < -0.39 is 9.84 Å². The SMILES string of the molecule is Cc1ccc(-c2nc(C(=O)N(C(C)CS(C)(=O)=O)C3CC3)cs2)c(C)c1. The van der Waals surface area contributed by atoms with E-state index in [2.05, 4.69) is 11.1 Å². The molecule has 1 aromatic carbocycles. The molecule has 26 heavy (non-hydrogen) atoms. The summed E-state index contributed by atoms with van der Waals surface area (Å²) in [6.07, 6.45) is 3.06. The van der Waals surface area contributed by atoms with Crippen LogP contribution in [0.2, 0.25) is 0 Å². The van der Waals surface area contributed by atoms with Crippen LogP contribution in [-0.2, 0) is 9.84 Å². The molecule has 1 aliphatic rings. The molecule has 7 heteroatoms. The Morgan fingerprint density at radius 3 is 2.62 bits per heavy atom. The maximum Gasteiger partial charge on any atom is 0.273 e. The van der Waals surface area contributed by atoms with Crippen LogP contribution in [0.5, 0.6) is 0 Å². The number of sulfone groups is 1. The second-order valence-electron chi connectivity index (χ2n) is 7.24. The molecule has 0 saturated heterocycles. The van der Waals surface area contributed by atoms with Gasteiger partial charge in [0, 0.05) is 29.3 Å². The van der Waals surface area contributed by atoms with Crippen molar-refractivity contribution in [1.82, 2.24) is 9.88 Å². The highest BCUT2D eigenvalue weighted by Gasteiger charge is 2.38. The van der Waals surface area contributed by atoms with Crippen LogP contribution in [-0.4, -0.2) is 48.3 Å². The molecule has 1 atom stereocenters. The molecule has 1 fully saturated rings. The van der Waals surface area contributed by atoms with Crippen molar-refractivity contribution >= 4 is 27.1 Å². The van der Waals surface area contributed by atoms with Gasteiger partial charge in [0.15, 0.2) is 0 Å². The second-order valence-corrected chi connectivity index (χ2v) is 10.3. The predicted octanol–water partition coefficient (Wildman–Crippen LogP) is 3.46. The summed E-state index contributed by atoms with van der Waals surface area (Å²) in [6, 6.07) is 5.95. The van der Waals surface area contributed by atoms with Gasteiger partial charge in [0.2, 0.25) is 0 Å². The number of carbonyl (C=O) groups excluding carboxylic acids is 1. The van der Waals surface area contributed by atoms with Gasteiger partial charge in [-0.05, 0) is 39.2 Å². The van der Waals surface area contributed by atoms with Gasteiger partial charge in [-0.15, -0.1) is 11.3 Å². The summed E-state index contributed by atoms with van der Waals surface area (Å²) >= 11 is 1.45. The van der Waals surface area contributed by atoms with Crippen molar-refractivity contribution in [2.75, 3.05) is 12.0 Å². The Labute approximate surface area is 159 Å². The smallest absolute Gasteiger partial charge is 0.273 e. The predicted molar refractivity (Wildman–Crippen MR) is 105 cm³/mol. The Balaban J connectivity index is 1.86. The quantitative estimate of drug-likeness (QED) is 0.755. The summed E-state index contributed by atoms with van der Waals surface area (Å²) in [4.78, 5) is 19.3. The first kappa shape index (κ1) is 19.0. The molecule has 5 nitrogen and oxygen atoms in total. The van der Waals surface area contributed by atoms with Crippen LogP contribution in [0.25, 0.3) is 10.6 Å². The number of aromatic nitrogens is 1. The lowest BCUT2D eigenvalue weighted by atomic mass is 10.1. The molecule has 1 unspecified atom stereocenters. The van der Waals surface area contributed by atoms with Gasteiger partial charge in [-0.25, -0.2) is 13.4 Å². The molecule has 3 rings (SSSR count). The minimum absolute atomic E-state index is 0.0245. The zero-order valence-corrected chi connectivity index (χ0v) is 17.2. The Kier molecular flexibility index (Phi) is 5.21.